The van der Waals surface area contributed by atoms with Crippen LogP contribution in [-0.2, 0) is 16.0 Å². The van der Waals surface area contributed by atoms with Crippen molar-refractivity contribution in [1.29, 1.82) is 0 Å². The average Bonchev–Trinajstić information content (AvgIpc) is 3.38. The standard InChI is InChI=1S/C18H23N3O2S2/c22-17(11-14-13-25-18(19-14)16-4-2-10-24-16)21-7-5-20(6-8-21)12-15-3-1-9-23-15/h2,4,10,13,15H,1,3,5-9,11-12H2. The Kier molecular flexibility index (Phi) is 5.45. The van der Waals surface area contributed by atoms with Gasteiger partial charge in [0.15, 0.2) is 0 Å². The van der Waals surface area contributed by atoms with Crippen LogP contribution in [0.5, 0.6) is 0 Å². The molecule has 4 heterocycles. The van der Waals surface area contributed by atoms with Gasteiger partial charge < -0.3 is 9.64 Å². The highest BCUT2D eigenvalue weighted by Crippen LogP contribution is 2.28. The van der Waals surface area contributed by atoms with Crippen LogP contribution in [0.25, 0.3) is 9.88 Å². The summed E-state index contributed by atoms with van der Waals surface area (Å²) in [7, 11) is 0. The second kappa shape index (κ2) is 7.95. The summed E-state index contributed by atoms with van der Waals surface area (Å²) >= 11 is 3.31. The first-order valence-electron chi connectivity index (χ1n) is 8.88. The van der Waals surface area contributed by atoms with Gasteiger partial charge in [0, 0.05) is 44.7 Å². The minimum absolute atomic E-state index is 0.194. The molecule has 1 unspecified atom stereocenters. The minimum Gasteiger partial charge on any atom is -0.377 e. The number of thiazole rings is 1. The van der Waals surface area contributed by atoms with Gasteiger partial charge in [0.2, 0.25) is 5.91 Å². The second-order valence-electron chi connectivity index (χ2n) is 6.61. The minimum atomic E-state index is 0.194. The monoisotopic (exact) mass is 377 g/mol. The fourth-order valence-corrected chi connectivity index (χ4v) is 5.06. The maximum atomic E-state index is 12.6. The number of rotatable bonds is 5. The lowest BCUT2D eigenvalue weighted by atomic mass is 10.2. The topological polar surface area (TPSA) is 45.7 Å². The molecular weight excluding hydrogens is 354 g/mol. The fourth-order valence-electron chi connectivity index (χ4n) is 3.42. The van der Waals surface area contributed by atoms with Gasteiger partial charge in [-0.05, 0) is 24.3 Å². The van der Waals surface area contributed by atoms with E-state index in [4.69, 9.17) is 4.74 Å². The molecule has 4 rings (SSSR count). The van der Waals surface area contributed by atoms with Crippen LogP contribution in [0.3, 0.4) is 0 Å². The number of aromatic nitrogens is 1. The van der Waals surface area contributed by atoms with Gasteiger partial charge in [-0.1, -0.05) is 6.07 Å². The molecule has 2 aromatic heterocycles. The summed E-state index contributed by atoms with van der Waals surface area (Å²) < 4.78 is 5.71. The van der Waals surface area contributed by atoms with Crippen molar-refractivity contribution in [2.45, 2.75) is 25.4 Å². The Morgan fingerprint density at radius 2 is 2.16 bits per heavy atom. The number of carbonyl (C=O) groups is 1. The SMILES string of the molecule is O=C(Cc1csc(-c2cccs2)n1)N1CCN(CC2CCCO2)CC1. The van der Waals surface area contributed by atoms with Gasteiger partial charge in [0.05, 0.1) is 23.1 Å². The van der Waals surface area contributed by atoms with Crippen molar-refractivity contribution >= 4 is 28.6 Å². The van der Waals surface area contributed by atoms with Crippen molar-refractivity contribution in [3.63, 3.8) is 0 Å². The Morgan fingerprint density at radius 1 is 1.28 bits per heavy atom. The normalized spacial score (nSPS) is 21.8. The number of nitrogens with zero attached hydrogens (tertiary/aromatic N) is 3. The molecule has 0 N–H and O–H groups in total. The van der Waals surface area contributed by atoms with Crippen molar-refractivity contribution < 1.29 is 9.53 Å². The highest BCUT2D eigenvalue weighted by atomic mass is 32.1. The zero-order valence-corrected chi connectivity index (χ0v) is 15.9. The summed E-state index contributed by atoms with van der Waals surface area (Å²) in [6.45, 7) is 5.44. The van der Waals surface area contributed by atoms with Crippen LogP contribution in [0, 0.1) is 0 Å². The lowest BCUT2D eigenvalue weighted by Crippen LogP contribution is -2.50. The molecule has 5 nitrogen and oxygen atoms in total. The Hall–Kier alpha value is -1.28. The van der Waals surface area contributed by atoms with Crippen LogP contribution >= 0.6 is 22.7 Å². The van der Waals surface area contributed by atoms with Gasteiger partial charge >= 0.3 is 0 Å². The van der Waals surface area contributed by atoms with E-state index < -0.39 is 0 Å². The highest BCUT2D eigenvalue weighted by Gasteiger charge is 2.25. The molecule has 2 saturated heterocycles. The zero-order chi connectivity index (χ0) is 17.1. The predicted molar refractivity (Wildman–Crippen MR) is 101 cm³/mol. The summed E-state index contributed by atoms with van der Waals surface area (Å²) in [4.78, 5) is 22.8. The molecule has 0 bridgehead atoms. The predicted octanol–water partition coefficient (Wildman–Crippen LogP) is 2.74. The van der Waals surface area contributed by atoms with E-state index in [1.165, 1.54) is 17.7 Å². The van der Waals surface area contributed by atoms with E-state index >= 15 is 0 Å². The maximum absolute atomic E-state index is 12.6. The van der Waals surface area contributed by atoms with Gasteiger partial charge in [-0.3, -0.25) is 9.69 Å². The second-order valence-corrected chi connectivity index (χ2v) is 8.42. The van der Waals surface area contributed by atoms with Crippen LogP contribution in [0.15, 0.2) is 22.9 Å². The Bertz CT molecular complexity index is 687. The van der Waals surface area contributed by atoms with Crippen LogP contribution < -0.4 is 0 Å². The molecule has 2 fully saturated rings. The smallest absolute Gasteiger partial charge is 0.228 e. The van der Waals surface area contributed by atoms with Crippen LogP contribution in [0.2, 0.25) is 0 Å². The van der Waals surface area contributed by atoms with E-state index in [-0.39, 0.29) is 5.91 Å². The molecule has 2 aromatic rings. The third-order valence-corrected chi connectivity index (χ3v) is 6.76. The summed E-state index contributed by atoms with van der Waals surface area (Å²) in [5.41, 5.74) is 0.889. The summed E-state index contributed by atoms with van der Waals surface area (Å²) in [5, 5.41) is 5.08. The van der Waals surface area contributed by atoms with Gasteiger partial charge in [-0.2, -0.15) is 0 Å². The van der Waals surface area contributed by atoms with Crippen LogP contribution in [-0.4, -0.2) is 66.1 Å². The maximum Gasteiger partial charge on any atom is 0.228 e. The molecule has 1 amide bonds. The molecule has 7 heteroatoms. The summed E-state index contributed by atoms with van der Waals surface area (Å²) in [6.07, 6.45) is 3.17. The van der Waals surface area contributed by atoms with E-state index in [0.717, 1.165) is 50.0 Å². The first-order valence-corrected chi connectivity index (χ1v) is 10.6. The van der Waals surface area contributed by atoms with E-state index in [1.54, 1.807) is 22.7 Å². The van der Waals surface area contributed by atoms with E-state index in [9.17, 15) is 4.79 Å². The number of hydrogen-bond donors (Lipinski definition) is 0. The van der Waals surface area contributed by atoms with Gasteiger partial charge in [-0.15, -0.1) is 22.7 Å². The Morgan fingerprint density at radius 3 is 2.88 bits per heavy atom. The quantitative estimate of drug-likeness (QED) is 0.804. The molecular formula is C18H23N3O2S2. The molecule has 0 aromatic carbocycles. The van der Waals surface area contributed by atoms with Crippen molar-refractivity contribution in [2.75, 3.05) is 39.3 Å². The van der Waals surface area contributed by atoms with E-state index in [1.807, 2.05) is 16.3 Å². The van der Waals surface area contributed by atoms with Crippen molar-refractivity contribution in [3.05, 3.63) is 28.6 Å². The first kappa shape index (κ1) is 17.1. The number of hydrogen-bond acceptors (Lipinski definition) is 6. The molecule has 134 valence electrons. The largest absolute Gasteiger partial charge is 0.377 e. The molecule has 0 aliphatic carbocycles. The van der Waals surface area contributed by atoms with Crippen molar-refractivity contribution in [1.82, 2.24) is 14.8 Å². The lowest BCUT2D eigenvalue weighted by Gasteiger charge is -2.35. The molecule has 2 aliphatic heterocycles. The highest BCUT2D eigenvalue weighted by molar-refractivity contribution is 7.20. The number of ether oxygens (including phenoxy) is 1. The third-order valence-electron chi connectivity index (χ3n) is 4.83. The van der Waals surface area contributed by atoms with Crippen molar-refractivity contribution in [3.8, 4) is 9.88 Å². The Labute approximate surface area is 156 Å². The van der Waals surface area contributed by atoms with E-state index in [0.29, 0.717) is 12.5 Å². The van der Waals surface area contributed by atoms with Gasteiger partial charge in [0.1, 0.15) is 5.01 Å². The average molecular weight is 378 g/mol. The van der Waals surface area contributed by atoms with Crippen molar-refractivity contribution in [2.24, 2.45) is 0 Å². The fraction of sp³-hybridized carbons (Fsp3) is 0.556. The molecule has 0 spiro atoms. The number of thiophene rings is 1. The van der Waals surface area contributed by atoms with Crippen LogP contribution in [0.4, 0.5) is 0 Å². The molecule has 0 radical (unpaired) electrons. The number of piperazine rings is 1. The molecule has 2 aliphatic rings. The third kappa shape index (κ3) is 4.28. The summed E-state index contributed by atoms with van der Waals surface area (Å²) in [5.74, 6) is 0.194. The van der Waals surface area contributed by atoms with Gasteiger partial charge in [0.25, 0.3) is 0 Å². The summed E-state index contributed by atoms with van der Waals surface area (Å²) in [6, 6.07) is 4.10. The lowest BCUT2D eigenvalue weighted by molar-refractivity contribution is -0.132. The number of amides is 1. The van der Waals surface area contributed by atoms with E-state index in [2.05, 4.69) is 21.3 Å². The zero-order valence-electron chi connectivity index (χ0n) is 14.2. The Balaban J connectivity index is 1.26. The number of carbonyl (C=O) groups excluding carboxylic acids is 1. The van der Waals surface area contributed by atoms with Crippen LogP contribution in [0.1, 0.15) is 18.5 Å². The van der Waals surface area contributed by atoms with Gasteiger partial charge in [-0.25, -0.2) is 4.98 Å². The first-order chi connectivity index (χ1) is 12.3. The molecule has 1 atom stereocenters. The molecule has 0 saturated carbocycles. The molecule has 25 heavy (non-hydrogen) atoms.